The summed E-state index contributed by atoms with van der Waals surface area (Å²) >= 11 is 0. The Morgan fingerprint density at radius 1 is 1.00 bits per heavy atom. The number of carbonyl (C=O) groups is 2. The maximum Gasteiger partial charge on any atom is 0.421 e. The van der Waals surface area contributed by atoms with E-state index in [0.717, 1.165) is 57.3 Å². The summed E-state index contributed by atoms with van der Waals surface area (Å²) in [6.07, 6.45) is 1.52. The lowest BCUT2D eigenvalue weighted by molar-refractivity contribution is -0.164. The molecule has 2 heterocycles. The van der Waals surface area contributed by atoms with Crippen molar-refractivity contribution in [1.82, 2.24) is 25.1 Å². The van der Waals surface area contributed by atoms with E-state index < -0.39 is 23.5 Å². The molecule has 2 amide bonds. The molecule has 2 atom stereocenters. The Balaban J connectivity index is 1.05. The lowest BCUT2D eigenvalue weighted by atomic mass is 9.47. The second-order valence-electron chi connectivity index (χ2n) is 15.1. The second kappa shape index (κ2) is 13.8. The van der Waals surface area contributed by atoms with Crippen LogP contribution in [0.2, 0.25) is 0 Å². The van der Waals surface area contributed by atoms with Crippen LogP contribution in [0.3, 0.4) is 0 Å². The maximum absolute atomic E-state index is 14.1. The summed E-state index contributed by atoms with van der Waals surface area (Å²) in [6.45, 7) is 5.28. The van der Waals surface area contributed by atoms with Crippen molar-refractivity contribution in [1.29, 1.82) is 0 Å². The van der Waals surface area contributed by atoms with E-state index in [4.69, 9.17) is 4.74 Å². The Labute approximate surface area is 302 Å². The summed E-state index contributed by atoms with van der Waals surface area (Å²) in [5.41, 5.74) is 1.22. The lowest BCUT2D eigenvalue weighted by Crippen LogP contribution is -2.64. The number of rotatable bonds is 9. The number of hydrogen-bond donors (Lipinski definition) is 3. The first-order chi connectivity index (χ1) is 24.8. The molecule has 3 aromatic rings. The number of amides is 2. The van der Waals surface area contributed by atoms with E-state index in [1.165, 1.54) is 26.0 Å². The molecule has 278 valence electrons. The van der Waals surface area contributed by atoms with Crippen LogP contribution in [0.15, 0.2) is 42.6 Å². The number of aromatic nitrogens is 2. The van der Waals surface area contributed by atoms with E-state index in [9.17, 15) is 22.8 Å². The highest BCUT2D eigenvalue weighted by Gasteiger charge is 2.59. The normalized spacial score (nSPS) is 25.5. The van der Waals surface area contributed by atoms with Gasteiger partial charge in [-0.25, -0.2) is 4.98 Å². The summed E-state index contributed by atoms with van der Waals surface area (Å²) < 4.78 is 48.0. The largest absolute Gasteiger partial charge is 0.494 e. The molecule has 2 aromatic carbocycles. The van der Waals surface area contributed by atoms with E-state index in [2.05, 4.69) is 35.7 Å². The molecule has 52 heavy (non-hydrogen) atoms. The van der Waals surface area contributed by atoms with Gasteiger partial charge in [-0.05, 0) is 80.5 Å². The predicted molar refractivity (Wildman–Crippen MR) is 193 cm³/mol. The third-order valence-electron chi connectivity index (χ3n) is 11.7. The summed E-state index contributed by atoms with van der Waals surface area (Å²) in [5, 5.41) is 8.32. The minimum Gasteiger partial charge on any atom is -0.494 e. The first kappa shape index (κ1) is 35.8. The van der Waals surface area contributed by atoms with Crippen LogP contribution in [0, 0.1) is 30.1 Å². The van der Waals surface area contributed by atoms with Crippen molar-refractivity contribution >= 4 is 40.6 Å². The molecule has 1 saturated heterocycles. The topological polar surface area (TPSA) is 115 Å². The highest BCUT2D eigenvalue weighted by molar-refractivity contribution is 6.01. The maximum atomic E-state index is 14.1. The average Bonchev–Trinajstić information content (AvgIpc) is 3.11. The molecule has 11 nitrogen and oxygen atoms in total. The minimum atomic E-state index is -4.75. The van der Waals surface area contributed by atoms with Gasteiger partial charge in [-0.15, -0.1) is 0 Å². The zero-order chi connectivity index (χ0) is 36.9. The van der Waals surface area contributed by atoms with Crippen LogP contribution >= 0.6 is 0 Å². The van der Waals surface area contributed by atoms with Gasteiger partial charge in [-0.1, -0.05) is 12.1 Å². The van der Waals surface area contributed by atoms with Gasteiger partial charge < -0.3 is 30.5 Å². The van der Waals surface area contributed by atoms with Crippen molar-refractivity contribution < 1.29 is 27.5 Å². The molecule has 5 fully saturated rings. The van der Waals surface area contributed by atoms with Crippen molar-refractivity contribution in [3.63, 3.8) is 0 Å². The van der Waals surface area contributed by atoms with Gasteiger partial charge in [-0.3, -0.25) is 14.5 Å². The first-order valence-corrected chi connectivity index (χ1v) is 18.0. The molecule has 3 N–H and O–H groups in total. The second-order valence-corrected chi connectivity index (χ2v) is 15.1. The molecule has 2 unspecified atom stereocenters. The lowest BCUT2D eigenvalue weighted by Gasteiger charge is -2.62. The number of piperazine rings is 1. The zero-order valence-electron chi connectivity index (χ0n) is 30.3. The Morgan fingerprint density at radius 3 is 2.35 bits per heavy atom. The smallest absolute Gasteiger partial charge is 0.421 e. The van der Waals surface area contributed by atoms with Crippen LogP contribution in [-0.2, 0) is 11.0 Å². The van der Waals surface area contributed by atoms with E-state index in [1.807, 2.05) is 32.3 Å². The fourth-order valence-electron chi connectivity index (χ4n) is 9.73. The fraction of sp³-hybridized carbons (Fsp3) is 0.526. The molecular weight excluding hydrogens is 673 g/mol. The molecule has 4 bridgehead atoms. The number of nitrogens with zero attached hydrogens (tertiary/aromatic N) is 5. The van der Waals surface area contributed by atoms with Gasteiger partial charge in [-0.2, -0.15) is 18.2 Å². The number of halogens is 3. The van der Waals surface area contributed by atoms with Crippen LogP contribution in [0.25, 0.3) is 0 Å². The summed E-state index contributed by atoms with van der Waals surface area (Å²) in [6, 6.07) is 11.1. The van der Waals surface area contributed by atoms with Crippen molar-refractivity contribution in [3.05, 3.63) is 59.3 Å². The molecule has 1 aromatic heterocycles. The number of methoxy groups -OCH3 is 1. The third kappa shape index (κ3) is 6.61. The van der Waals surface area contributed by atoms with Crippen LogP contribution in [0.1, 0.15) is 53.6 Å². The minimum absolute atomic E-state index is 0.0741. The number of aryl methyl sites for hydroxylation is 1. The Hall–Kier alpha value is -4.59. The Bertz CT molecular complexity index is 1830. The predicted octanol–water partition coefficient (Wildman–Crippen LogP) is 6.06. The van der Waals surface area contributed by atoms with Gasteiger partial charge in [0.25, 0.3) is 5.91 Å². The number of hydrogen-bond acceptors (Lipinski definition) is 9. The standard InChI is InChI=1S/C38H47F3N8O3/c1-22-7-6-8-27(34(50)42-2)31(22)45-33-28(38(39,40)41)21-43-36(46-33)44-29-10-9-26(17-30(29)52-5)48-11-13-49(14-12-48)32-24-15-23-16-25(32)20-37(18-23,19-24)35(51)47(3)4/h6-10,17,21,23-25,32H,11-16,18-20H2,1-5H3,(H,42,50)(H2,43,44,45,46)/t23?,24?,25?,32-,37-. The van der Waals surface area contributed by atoms with Gasteiger partial charge in [0.05, 0.1) is 29.5 Å². The van der Waals surface area contributed by atoms with E-state index in [1.54, 1.807) is 31.1 Å². The number of anilines is 5. The third-order valence-corrected chi connectivity index (χ3v) is 11.7. The zero-order valence-corrected chi connectivity index (χ0v) is 30.3. The number of benzene rings is 2. The van der Waals surface area contributed by atoms with E-state index >= 15 is 0 Å². The summed E-state index contributed by atoms with van der Waals surface area (Å²) in [7, 11) is 6.78. The number of alkyl halides is 3. The molecule has 8 rings (SSSR count). The number of nitrogens with one attached hydrogen (secondary N) is 3. The number of para-hydroxylation sites is 1. The van der Waals surface area contributed by atoms with Gasteiger partial charge in [0.2, 0.25) is 11.9 Å². The Morgan fingerprint density at radius 2 is 1.71 bits per heavy atom. The van der Waals surface area contributed by atoms with Crippen molar-refractivity contribution in [2.45, 2.75) is 51.2 Å². The van der Waals surface area contributed by atoms with Gasteiger partial charge in [0.15, 0.2) is 0 Å². The summed E-state index contributed by atoms with van der Waals surface area (Å²) in [5.74, 6) is 1.63. The van der Waals surface area contributed by atoms with Gasteiger partial charge in [0.1, 0.15) is 17.1 Å². The van der Waals surface area contributed by atoms with E-state index in [0.29, 0.717) is 46.7 Å². The van der Waals surface area contributed by atoms with Gasteiger partial charge in [0, 0.05) is 71.3 Å². The van der Waals surface area contributed by atoms with Crippen LogP contribution in [0.4, 0.5) is 42.0 Å². The SMILES string of the molecule is CNC(=O)c1cccc(C)c1Nc1nc(Nc2ccc(N3CCN([C@H]4C5CC6CC4C[C@](C(=O)N(C)C)(C6)C5)CC3)cc2OC)ncc1C(F)(F)F. The van der Waals surface area contributed by atoms with Crippen LogP contribution in [-0.4, -0.2) is 92.1 Å². The summed E-state index contributed by atoms with van der Waals surface area (Å²) in [4.78, 5) is 40.8. The fourth-order valence-corrected chi connectivity index (χ4v) is 9.73. The molecule has 0 radical (unpaired) electrons. The molecule has 14 heteroatoms. The highest BCUT2D eigenvalue weighted by Crippen LogP contribution is 2.61. The van der Waals surface area contributed by atoms with Crippen LogP contribution in [0.5, 0.6) is 5.75 Å². The first-order valence-electron chi connectivity index (χ1n) is 18.0. The van der Waals surface area contributed by atoms with E-state index in [-0.39, 0.29) is 22.6 Å². The molecule has 1 aliphatic heterocycles. The quantitative estimate of drug-likeness (QED) is 0.243. The van der Waals surface area contributed by atoms with Gasteiger partial charge >= 0.3 is 6.18 Å². The van der Waals surface area contributed by atoms with Crippen LogP contribution < -0.4 is 25.6 Å². The number of ether oxygens (including phenoxy) is 1. The molecule has 0 spiro atoms. The van der Waals surface area contributed by atoms with Crippen molar-refractivity contribution in [3.8, 4) is 5.75 Å². The molecule has 4 aliphatic carbocycles. The molecule has 5 aliphatic rings. The Kier molecular flexibility index (Phi) is 9.47. The monoisotopic (exact) mass is 720 g/mol. The highest BCUT2D eigenvalue weighted by atomic mass is 19.4. The van der Waals surface area contributed by atoms with Crippen molar-refractivity contribution in [2.75, 3.05) is 70.0 Å². The average molecular weight is 721 g/mol. The molecular formula is C38H47F3N8O3. The number of carbonyl (C=O) groups excluding carboxylic acids is 2. The van der Waals surface area contributed by atoms with Crippen molar-refractivity contribution in [2.24, 2.45) is 23.2 Å². The molecule has 4 saturated carbocycles.